The fraction of sp³-hybridized carbons (Fsp3) is 0.706. The van der Waals surface area contributed by atoms with Gasteiger partial charge in [0, 0.05) is 25.3 Å². The Hall–Kier alpha value is -1.09. The summed E-state index contributed by atoms with van der Waals surface area (Å²) < 4.78 is 0. The van der Waals surface area contributed by atoms with E-state index in [2.05, 4.69) is 43.1 Å². The van der Waals surface area contributed by atoms with Gasteiger partial charge in [0.05, 0.1) is 0 Å². The molecule has 1 aromatic rings. The van der Waals surface area contributed by atoms with E-state index in [0.717, 1.165) is 31.9 Å². The van der Waals surface area contributed by atoms with Crippen LogP contribution in [-0.4, -0.2) is 25.1 Å². The van der Waals surface area contributed by atoms with Crippen LogP contribution in [0.3, 0.4) is 0 Å². The van der Waals surface area contributed by atoms with E-state index in [1.807, 2.05) is 7.05 Å². The first-order chi connectivity index (χ1) is 9.74. The van der Waals surface area contributed by atoms with E-state index in [4.69, 9.17) is 4.98 Å². The number of aryl methyl sites for hydroxylation is 1. The molecule has 0 radical (unpaired) electrons. The van der Waals surface area contributed by atoms with Crippen molar-refractivity contribution in [3.63, 3.8) is 0 Å². The van der Waals surface area contributed by atoms with Gasteiger partial charge in [-0.05, 0) is 44.0 Å². The van der Waals surface area contributed by atoms with Crippen molar-refractivity contribution in [2.24, 2.45) is 0 Å². The van der Waals surface area contributed by atoms with Crippen molar-refractivity contribution in [1.82, 2.24) is 10.3 Å². The number of pyridine rings is 1. The Labute approximate surface area is 124 Å². The van der Waals surface area contributed by atoms with Crippen molar-refractivity contribution in [2.45, 2.75) is 59.4 Å². The molecule has 3 heteroatoms. The smallest absolute Gasteiger partial charge is 0.129 e. The predicted molar refractivity (Wildman–Crippen MR) is 88.4 cm³/mol. The quantitative estimate of drug-likeness (QED) is 0.705. The molecule has 0 fully saturated rings. The number of hydrogen-bond acceptors (Lipinski definition) is 3. The molecule has 0 aliphatic heterocycles. The average Bonchev–Trinajstić information content (AvgIpc) is 2.47. The van der Waals surface area contributed by atoms with Gasteiger partial charge >= 0.3 is 0 Å². The molecule has 3 nitrogen and oxygen atoms in total. The summed E-state index contributed by atoms with van der Waals surface area (Å²) in [5.41, 5.74) is 2.54. The van der Waals surface area contributed by atoms with Crippen LogP contribution in [0.15, 0.2) is 12.1 Å². The van der Waals surface area contributed by atoms with Gasteiger partial charge in [-0.15, -0.1) is 0 Å². The lowest BCUT2D eigenvalue weighted by Gasteiger charge is -2.24. The van der Waals surface area contributed by atoms with Gasteiger partial charge in [0.15, 0.2) is 0 Å². The van der Waals surface area contributed by atoms with Crippen LogP contribution in [0.25, 0.3) is 0 Å². The number of nitrogens with one attached hydrogen (secondary N) is 1. The van der Waals surface area contributed by atoms with Crippen LogP contribution >= 0.6 is 0 Å². The second-order valence-electron chi connectivity index (χ2n) is 5.40. The maximum absolute atomic E-state index is 4.84. The number of anilines is 1. The fourth-order valence-corrected chi connectivity index (χ4v) is 2.32. The van der Waals surface area contributed by atoms with Gasteiger partial charge in [-0.1, -0.05) is 33.6 Å². The van der Waals surface area contributed by atoms with Crippen LogP contribution in [0, 0.1) is 0 Å². The zero-order chi connectivity index (χ0) is 14.8. The number of hydrogen-bond donors (Lipinski definition) is 1. The van der Waals surface area contributed by atoms with Crippen LogP contribution in [0.1, 0.15) is 57.7 Å². The highest BCUT2D eigenvalue weighted by Gasteiger charge is 2.09. The molecule has 0 aliphatic rings. The van der Waals surface area contributed by atoms with Crippen LogP contribution in [0.2, 0.25) is 0 Å². The van der Waals surface area contributed by atoms with E-state index in [0.29, 0.717) is 0 Å². The Bertz CT molecular complexity index is 368. The Morgan fingerprint density at radius 2 is 1.70 bits per heavy atom. The monoisotopic (exact) mass is 277 g/mol. The topological polar surface area (TPSA) is 28.2 Å². The number of aromatic nitrogens is 1. The van der Waals surface area contributed by atoms with Crippen molar-refractivity contribution in [3.05, 3.63) is 23.4 Å². The summed E-state index contributed by atoms with van der Waals surface area (Å²) in [5, 5.41) is 3.24. The second-order valence-corrected chi connectivity index (χ2v) is 5.40. The highest BCUT2D eigenvalue weighted by molar-refractivity contribution is 5.43. The van der Waals surface area contributed by atoms with Crippen molar-refractivity contribution in [2.75, 3.05) is 25.0 Å². The van der Waals surface area contributed by atoms with Gasteiger partial charge in [-0.25, -0.2) is 4.98 Å². The third kappa shape index (κ3) is 5.49. The van der Waals surface area contributed by atoms with Crippen molar-refractivity contribution in [1.29, 1.82) is 0 Å². The zero-order valence-electron chi connectivity index (χ0n) is 13.7. The van der Waals surface area contributed by atoms with Crippen LogP contribution < -0.4 is 10.2 Å². The van der Waals surface area contributed by atoms with E-state index in [9.17, 15) is 0 Å². The van der Waals surface area contributed by atoms with Gasteiger partial charge in [0.25, 0.3) is 0 Å². The van der Waals surface area contributed by atoms with E-state index >= 15 is 0 Å². The lowest BCUT2D eigenvalue weighted by atomic mass is 10.1. The molecule has 0 saturated heterocycles. The highest BCUT2D eigenvalue weighted by atomic mass is 15.2. The minimum Gasteiger partial charge on any atom is -0.357 e. The molecule has 0 spiro atoms. The van der Waals surface area contributed by atoms with Crippen molar-refractivity contribution in [3.8, 4) is 0 Å². The van der Waals surface area contributed by atoms with E-state index < -0.39 is 0 Å². The van der Waals surface area contributed by atoms with Gasteiger partial charge in [0.2, 0.25) is 0 Å². The summed E-state index contributed by atoms with van der Waals surface area (Å²) in [7, 11) is 2.00. The predicted octanol–water partition coefficient (Wildman–Crippen LogP) is 3.77. The standard InChI is InChI=1S/C17H31N3/c1-5-8-10-20(11-9-6-2)17-13-15(14-18-4)12-16(7-3)19-17/h12-13,18H,5-11,14H2,1-4H3. The Morgan fingerprint density at radius 3 is 2.20 bits per heavy atom. The highest BCUT2D eigenvalue weighted by Crippen LogP contribution is 2.17. The summed E-state index contributed by atoms with van der Waals surface area (Å²) in [6, 6.07) is 4.47. The van der Waals surface area contributed by atoms with E-state index in [-0.39, 0.29) is 0 Å². The minimum atomic E-state index is 0.915. The molecule has 1 N–H and O–H groups in total. The fourth-order valence-electron chi connectivity index (χ4n) is 2.32. The third-order valence-corrected chi connectivity index (χ3v) is 3.55. The Morgan fingerprint density at radius 1 is 1.05 bits per heavy atom. The molecule has 1 aromatic heterocycles. The van der Waals surface area contributed by atoms with Gasteiger partial charge in [-0.2, -0.15) is 0 Å². The van der Waals surface area contributed by atoms with Crippen LogP contribution in [0.5, 0.6) is 0 Å². The zero-order valence-corrected chi connectivity index (χ0v) is 13.7. The molecule has 0 bridgehead atoms. The maximum atomic E-state index is 4.84. The first-order valence-electron chi connectivity index (χ1n) is 8.14. The molecule has 0 saturated carbocycles. The van der Waals surface area contributed by atoms with E-state index in [1.54, 1.807) is 0 Å². The Balaban J connectivity index is 2.93. The summed E-state index contributed by atoms with van der Waals surface area (Å²) in [6.07, 6.45) is 5.95. The average molecular weight is 277 g/mol. The number of unbranched alkanes of at least 4 members (excludes halogenated alkanes) is 2. The van der Waals surface area contributed by atoms with Crippen molar-refractivity contribution >= 4 is 5.82 Å². The molecule has 0 atom stereocenters. The van der Waals surface area contributed by atoms with E-state index in [1.165, 1.54) is 36.9 Å². The summed E-state index contributed by atoms with van der Waals surface area (Å²) in [5.74, 6) is 1.16. The van der Waals surface area contributed by atoms with Crippen LogP contribution in [-0.2, 0) is 13.0 Å². The lowest BCUT2D eigenvalue weighted by Crippen LogP contribution is -2.27. The molecular weight excluding hydrogens is 246 g/mol. The number of rotatable bonds is 10. The molecule has 0 aromatic carbocycles. The summed E-state index contributed by atoms with van der Waals surface area (Å²) in [6.45, 7) is 9.83. The summed E-state index contributed by atoms with van der Waals surface area (Å²) in [4.78, 5) is 7.30. The third-order valence-electron chi connectivity index (χ3n) is 3.55. The van der Waals surface area contributed by atoms with Gasteiger partial charge < -0.3 is 10.2 Å². The number of nitrogens with zero attached hydrogens (tertiary/aromatic N) is 2. The lowest BCUT2D eigenvalue weighted by molar-refractivity contribution is 0.668. The largest absolute Gasteiger partial charge is 0.357 e. The first kappa shape index (κ1) is 17.0. The molecule has 0 amide bonds. The first-order valence-corrected chi connectivity index (χ1v) is 8.14. The molecule has 0 unspecified atom stereocenters. The second kappa shape index (κ2) is 9.76. The molecule has 1 rings (SSSR count). The molecule has 114 valence electrons. The maximum Gasteiger partial charge on any atom is 0.129 e. The van der Waals surface area contributed by atoms with Crippen molar-refractivity contribution < 1.29 is 0 Å². The van der Waals surface area contributed by atoms with Gasteiger partial charge in [-0.3, -0.25) is 0 Å². The SMILES string of the molecule is CCCCN(CCCC)c1cc(CNC)cc(CC)n1. The summed E-state index contributed by atoms with van der Waals surface area (Å²) >= 11 is 0. The normalized spacial score (nSPS) is 10.8. The molecule has 0 aliphatic carbocycles. The Kier molecular flexibility index (Phi) is 8.28. The van der Waals surface area contributed by atoms with Gasteiger partial charge in [0.1, 0.15) is 5.82 Å². The van der Waals surface area contributed by atoms with Crippen LogP contribution in [0.4, 0.5) is 5.82 Å². The minimum absolute atomic E-state index is 0.915. The molecule has 1 heterocycles. The molecule has 20 heavy (non-hydrogen) atoms. The molecular formula is C17H31N3.